The predicted octanol–water partition coefficient (Wildman–Crippen LogP) is -0.222. The summed E-state index contributed by atoms with van der Waals surface area (Å²) in [7, 11) is -0.389. The van der Waals surface area contributed by atoms with E-state index in [0.29, 0.717) is 0 Å². The molecule has 5 heteroatoms. The topological polar surface area (TPSA) is 23.8 Å². The molecule has 0 radical (unpaired) electrons. The van der Waals surface area contributed by atoms with Crippen LogP contribution in [-0.4, -0.2) is 14.3 Å². The Kier molecular flexibility index (Phi) is 31.7. The minimum Gasteiger partial charge on any atom is -1.00 e. The number of rotatable bonds is 0. The summed E-state index contributed by atoms with van der Waals surface area (Å²) < 4.78 is 0. The first-order chi connectivity index (χ1) is 7.86. The van der Waals surface area contributed by atoms with Crippen LogP contribution >= 0.6 is 0 Å². The second-order valence-electron chi connectivity index (χ2n) is 6.40. The maximum Gasteiger partial charge on any atom is 4.00 e. The Morgan fingerprint density at radius 2 is 1.32 bits per heavy atom. The van der Waals surface area contributed by atoms with Crippen LogP contribution in [0.1, 0.15) is 43.0 Å². The molecule has 0 saturated heterocycles. The summed E-state index contributed by atoms with van der Waals surface area (Å²) in [5.74, 6) is 0. The van der Waals surface area contributed by atoms with Crippen LogP contribution in [0.5, 0.6) is 0 Å². The molecule has 0 aliphatic rings. The van der Waals surface area contributed by atoms with Gasteiger partial charge >= 0.3 is 21.7 Å². The van der Waals surface area contributed by atoms with Gasteiger partial charge in [0, 0.05) is 0 Å². The Morgan fingerprint density at radius 1 is 1.09 bits per heavy atom. The number of halogens is 2. The van der Waals surface area contributed by atoms with Crippen molar-refractivity contribution >= 4 is 8.80 Å². The van der Waals surface area contributed by atoms with E-state index < -0.39 is 0 Å². The molecule has 1 nitrogen and oxygen atoms in total. The van der Waals surface area contributed by atoms with Gasteiger partial charge in [-0.05, 0) is 0 Å². The number of hydrogen-bond acceptors (Lipinski definition) is 0. The molecule has 0 amide bonds. The minimum absolute atomic E-state index is 0. The maximum absolute atomic E-state index is 6.94. The minimum atomic E-state index is -0.389. The average Bonchev–Trinajstić information content (AvgIpc) is 2.29. The molecule has 0 spiro atoms. The first-order valence-corrected chi connectivity index (χ1v) is 9.77. The molecule has 0 fully saturated rings. The van der Waals surface area contributed by atoms with Crippen LogP contribution in [0.2, 0.25) is 13.1 Å². The van der Waals surface area contributed by atoms with Crippen LogP contribution in [0, 0.1) is 41.7 Å². The first-order valence-electron chi connectivity index (χ1n) is 6.64. The Morgan fingerprint density at radius 3 is 1.36 bits per heavy atom. The summed E-state index contributed by atoms with van der Waals surface area (Å²) in [6.07, 6.45) is 0. The van der Waals surface area contributed by atoms with E-state index in [0.717, 1.165) is 0 Å². The summed E-state index contributed by atoms with van der Waals surface area (Å²) >= 11 is 0. The van der Waals surface area contributed by atoms with E-state index in [1.54, 1.807) is 0 Å². The summed E-state index contributed by atoms with van der Waals surface area (Å²) in [4.78, 5) is 0. The van der Waals surface area contributed by atoms with Crippen molar-refractivity contribution in [2.45, 2.75) is 67.1 Å². The Labute approximate surface area is 169 Å². The van der Waals surface area contributed by atoms with Crippen molar-refractivity contribution in [2.24, 2.45) is 0 Å². The zero-order valence-electron chi connectivity index (χ0n) is 16.1. The first kappa shape index (κ1) is 38.4. The third-order valence-electron chi connectivity index (χ3n) is 2.18. The van der Waals surface area contributed by atoms with Gasteiger partial charge in [0.25, 0.3) is 0 Å². The predicted molar refractivity (Wildman–Crippen MR) is 95.7 cm³/mol. The van der Waals surface area contributed by atoms with Gasteiger partial charge in [-0.2, -0.15) is 28.3 Å². The molecule has 0 atom stereocenters. The van der Waals surface area contributed by atoms with Gasteiger partial charge in [0.2, 0.25) is 0 Å². The molecular formula is C17H35Cl2NSiTi-2. The molecule has 1 aromatic carbocycles. The summed E-state index contributed by atoms with van der Waals surface area (Å²) in [6.45, 7) is 22.4. The van der Waals surface area contributed by atoms with E-state index in [9.17, 15) is 0 Å². The van der Waals surface area contributed by atoms with Crippen molar-refractivity contribution in [3.05, 3.63) is 48.0 Å². The van der Waals surface area contributed by atoms with Gasteiger partial charge in [-0.1, -0.05) is 61.6 Å². The van der Waals surface area contributed by atoms with Crippen molar-refractivity contribution in [2.75, 3.05) is 0 Å². The maximum atomic E-state index is 6.94. The molecule has 1 rings (SSSR count). The largest absolute Gasteiger partial charge is 4.00 e. The zero-order chi connectivity index (χ0) is 15.1. The van der Waals surface area contributed by atoms with Crippen LogP contribution < -0.4 is 24.8 Å². The summed E-state index contributed by atoms with van der Waals surface area (Å²) in [5, 5.41) is 0. The molecule has 0 aliphatic carbocycles. The van der Waals surface area contributed by atoms with E-state index in [4.69, 9.17) is 5.73 Å². The average molecular weight is 400 g/mol. The summed E-state index contributed by atoms with van der Waals surface area (Å²) in [6, 6.07) is 2.24. The SMILES string of the molecule is CC(C)(C)[NH-].Cc1c[c-](C)c(C)c1C.[CH2-][SiH](C)C.[CH3-].[Cl-].[Cl-].[Ti+4]. The van der Waals surface area contributed by atoms with Crippen LogP contribution in [0.3, 0.4) is 0 Å². The van der Waals surface area contributed by atoms with Crippen molar-refractivity contribution < 1.29 is 46.5 Å². The molecule has 132 valence electrons. The Bertz CT molecular complexity index is 314. The third-order valence-corrected chi connectivity index (χ3v) is 2.18. The molecule has 0 aliphatic heterocycles. The van der Waals surface area contributed by atoms with Gasteiger partial charge in [0.15, 0.2) is 0 Å². The van der Waals surface area contributed by atoms with Crippen molar-refractivity contribution in [1.82, 2.24) is 0 Å². The van der Waals surface area contributed by atoms with Crippen LogP contribution in [0.25, 0.3) is 5.73 Å². The zero-order valence-corrected chi connectivity index (χ0v) is 20.3. The fourth-order valence-electron chi connectivity index (χ4n) is 1.13. The fraction of sp³-hybridized carbons (Fsp3) is 0.588. The van der Waals surface area contributed by atoms with Crippen LogP contribution in [0.15, 0.2) is 6.07 Å². The molecule has 0 bridgehead atoms. The van der Waals surface area contributed by atoms with Gasteiger partial charge in [-0.25, -0.2) is 0 Å². The van der Waals surface area contributed by atoms with Gasteiger partial charge in [0.05, 0.1) is 0 Å². The molecule has 1 N–H and O–H groups in total. The van der Waals surface area contributed by atoms with Crippen LogP contribution in [0.4, 0.5) is 0 Å². The van der Waals surface area contributed by atoms with E-state index >= 15 is 0 Å². The smallest absolute Gasteiger partial charge is 1.00 e. The van der Waals surface area contributed by atoms with Crippen LogP contribution in [-0.2, 0) is 21.7 Å². The van der Waals surface area contributed by atoms with Crippen molar-refractivity contribution in [3.8, 4) is 0 Å². The second kappa shape index (κ2) is 18.2. The number of hydrogen-bond donors (Lipinski definition) is 0. The van der Waals surface area contributed by atoms with Gasteiger partial charge in [-0.15, -0.1) is 14.3 Å². The van der Waals surface area contributed by atoms with Gasteiger partial charge in [0.1, 0.15) is 0 Å². The molecular weight excluding hydrogens is 365 g/mol. The molecule has 1 aromatic rings. The fourth-order valence-corrected chi connectivity index (χ4v) is 1.13. The van der Waals surface area contributed by atoms with Crippen molar-refractivity contribution in [3.63, 3.8) is 0 Å². The molecule has 22 heavy (non-hydrogen) atoms. The molecule has 0 unspecified atom stereocenters. The van der Waals surface area contributed by atoms with Gasteiger partial charge < -0.3 is 44.5 Å². The monoisotopic (exact) mass is 399 g/mol. The van der Waals surface area contributed by atoms with E-state index in [2.05, 4.69) is 53.4 Å². The Balaban J connectivity index is -0.0000000438. The number of aryl methyl sites for hydroxylation is 2. The van der Waals surface area contributed by atoms with Crippen molar-refractivity contribution in [1.29, 1.82) is 0 Å². The Hall–Kier alpha value is 0.821. The third kappa shape index (κ3) is 28.9. The van der Waals surface area contributed by atoms with Gasteiger partial charge in [-0.3, -0.25) is 0 Å². The molecule has 0 aromatic heterocycles. The summed E-state index contributed by atoms with van der Waals surface area (Å²) in [5.41, 5.74) is 12.4. The molecule has 0 heterocycles. The molecule has 0 saturated carbocycles. The van der Waals surface area contributed by atoms with E-state index in [1.807, 2.05) is 20.8 Å². The van der Waals surface area contributed by atoms with E-state index in [-0.39, 0.29) is 68.3 Å². The normalized spacial score (nSPS) is 8.55. The standard InChI is InChI=1S/C9H13.C4H10N.C3H9Si.CH3.2ClH.Ti/c1-6-5-7(2)9(4)8(6)3;1-4(2,3)5;1-4(2)3;;;;/h5H,1-4H3;5H,1-3H3;4H,1H2,2-3H3;1H3;2*1H;/q4*-1;;;+4/p-2. The quantitative estimate of drug-likeness (QED) is 0.425. The second-order valence-corrected chi connectivity index (χ2v) is 9.19. The number of nitrogens with one attached hydrogen (secondary N) is 1. The van der Waals surface area contributed by atoms with E-state index in [1.165, 1.54) is 22.3 Å².